The summed E-state index contributed by atoms with van der Waals surface area (Å²) in [6, 6.07) is 3.15. The minimum absolute atomic E-state index is 0.296. The van der Waals surface area contributed by atoms with E-state index in [2.05, 4.69) is 19.3 Å². The molecule has 17 heavy (non-hydrogen) atoms. The Labute approximate surface area is 97.9 Å². The van der Waals surface area contributed by atoms with E-state index < -0.39 is 12.2 Å². The van der Waals surface area contributed by atoms with Crippen molar-refractivity contribution in [1.82, 2.24) is 4.98 Å². The molecule has 0 aromatic carbocycles. The van der Waals surface area contributed by atoms with Crippen LogP contribution in [0.15, 0.2) is 18.3 Å². The minimum atomic E-state index is -1.03. The Hall–Kier alpha value is -2.31. The van der Waals surface area contributed by atoms with E-state index in [1.54, 1.807) is 25.3 Å². The summed E-state index contributed by atoms with van der Waals surface area (Å²) in [5, 5.41) is 0.675. The van der Waals surface area contributed by atoms with Crippen LogP contribution in [0.5, 0.6) is 0 Å². The van der Waals surface area contributed by atoms with Crippen molar-refractivity contribution in [2.75, 3.05) is 19.3 Å². The Balaban J connectivity index is 3.02. The Morgan fingerprint density at radius 2 is 2.00 bits per heavy atom. The number of aromatic nitrogens is 1. The number of anilines is 1. The summed E-state index contributed by atoms with van der Waals surface area (Å²) in [6.07, 6.45) is -0.336. The molecule has 1 amide bonds. The van der Waals surface area contributed by atoms with Crippen LogP contribution in [-0.4, -0.2) is 31.5 Å². The van der Waals surface area contributed by atoms with Gasteiger partial charge in [0.2, 0.25) is 0 Å². The van der Waals surface area contributed by atoms with Crippen LogP contribution in [0.4, 0.5) is 15.3 Å². The first kappa shape index (κ1) is 12.8. The van der Waals surface area contributed by atoms with Crippen LogP contribution in [0.3, 0.4) is 0 Å². The summed E-state index contributed by atoms with van der Waals surface area (Å²) in [4.78, 5) is 31.1. The van der Waals surface area contributed by atoms with Crippen molar-refractivity contribution in [1.29, 1.82) is 0 Å². The van der Waals surface area contributed by atoms with E-state index in [4.69, 9.17) is 0 Å². The number of ether oxygens (including phenoxy) is 2. The van der Waals surface area contributed by atoms with E-state index >= 15 is 0 Å². The first-order chi connectivity index (χ1) is 8.10. The second-order valence-corrected chi connectivity index (χ2v) is 2.92. The summed E-state index contributed by atoms with van der Waals surface area (Å²) in [5.41, 5.74) is 0.798. The average Bonchev–Trinajstić information content (AvgIpc) is 2.35. The van der Waals surface area contributed by atoms with Crippen molar-refractivity contribution in [2.45, 2.75) is 6.92 Å². The van der Waals surface area contributed by atoms with E-state index in [1.807, 2.05) is 0 Å². The topological polar surface area (TPSA) is 78.0 Å². The average molecular weight is 240 g/mol. The molecule has 1 aromatic rings. The predicted octanol–water partition coefficient (Wildman–Crippen LogP) is 1.66. The number of pyridine rings is 1. The number of rotatable bonds is 1. The summed E-state index contributed by atoms with van der Waals surface area (Å²) in [7, 11) is 2.30. The van der Waals surface area contributed by atoms with E-state index in [-0.39, 0.29) is 0 Å². The summed E-state index contributed by atoms with van der Waals surface area (Å²) in [6.45, 7) is 1.66. The van der Waals surface area contributed by atoms with Gasteiger partial charge >= 0.3 is 12.2 Å². The normalized spacial score (nSPS) is 9.35. The molecule has 0 saturated carbocycles. The molecule has 0 spiro atoms. The molecule has 7 heteroatoms. The fourth-order valence-corrected chi connectivity index (χ4v) is 1.07. The largest absolute Gasteiger partial charge is 0.533 e. The van der Waals surface area contributed by atoms with Crippen molar-refractivity contribution in [3.05, 3.63) is 24.0 Å². The molecule has 0 N–H and O–H groups in total. The first-order valence-corrected chi connectivity index (χ1v) is 4.65. The van der Waals surface area contributed by atoms with Gasteiger partial charge in [-0.15, -0.1) is 0 Å². The first-order valence-electron chi connectivity index (χ1n) is 4.65. The number of hydroxylamine groups is 1. The summed E-state index contributed by atoms with van der Waals surface area (Å²) >= 11 is 0. The summed E-state index contributed by atoms with van der Waals surface area (Å²) < 4.78 is 8.80. The molecule has 1 aromatic heterocycles. The SMILES string of the molecule is COC(=O)ON(C(=O)OC)c1cccnc1C. The molecule has 0 radical (unpaired) electrons. The fourth-order valence-electron chi connectivity index (χ4n) is 1.07. The second kappa shape index (κ2) is 5.69. The molecular formula is C10H12N2O5. The van der Waals surface area contributed by atoms with Crippen LogP contribution in [-0.2, 0) is 14.3 Å². The molecule has 0 aliphatic heterocycles. The Morgan fingerprint density at radius 1 is 1.29 bits per heavy atom. The fraction of sp³-hybridized carbons (Fsp3) is 0.300. The number of amides is 1. The lowest BCUT2D eigenvalue weighted by atomic mass is 10.3. The van der Waals surface area contributed by atoms with Crippen molar-refractivity contribution in [3.63, 3.8) is 0 Å². The van der Waals surface area contributed by atoms with Gasteiger partial charge in [0, 0.05) is 6.20 Å². The number of carbonyl (C=O) groups is 2. The number of aryl methyl sites for hydroxylation is 1. The number of methoxy groups -OCH3 is 2. The highest BCUT2D eigenvalue weighted by molar-refractivity contribution is 5.87. The second-order valence-electron chi connectivity index (χ2n) is 2.92. The number of carbonyl (C=O) groups excluding carboxylic acids is 2. The van der Waals surface area contributed by atoms with Crippen molar-refractivity contribution >= 4 is 17.9 Å². The molecule has 0 unspecified atom stereocenters. The molecule has 1 rings (SSSR count). The summed E-state index contributed by atoms with van der Waals surface area (Å²) in [5.74, 6) is 0. The Bertz CT molecular complexity index is 421. The van der Waals surface area contributed by atoms with Gasteiger partial charge in [0.25, 0.3) is 0 Å². The zero-order valence-corrected chi connectivity index (χ0v) is 9.67. The lowest BCUT2D eigenvalue weighted by molar-refractivity contribution is 0.0570. The van der Waals surface area contributed by atoms with E-state index in [0.717, 1.165) is 7.11 Å². The van der Waals surface area contributed by atoms with Gasteiger partial charge in [-0.1, -0.05) is 5.06 Å². The van der Waals surface area contributed by atoms with Crippen LogP contribution in [0, 0.1) is 6.92 Å². The highest BCUT2D eigenvalue weighted by Crippen LogP contribution is 2.18. The Kier molecular flexibility index (Phi) is 4.27. The lowest BCUT2D eigenvalue weighted by Crippen LogP contribution is -2.34. The molecule has 0 saturated heterocycles. The van der Waals surface area contributed by atoms with Gasteiger partial charge in [-0.05, 0) is 19.1 Å². The third kappa shape index (κ3) is 3.07. The van der Waals surface area contributed by atoms with Gasteiger partial charge in [0.05, 0.1) is 19.9 Å². The van der Waals surface area contributed by atoms with Gasteiger partial charge < -0.3 is 9.47 Å². The Morgan fingerprint density at radius 3 is 2.53 bits per heavy atom. The predicted molar refractivity (Wildman–Crippen MR) is 57.3 cm³/mol. The van der Waals surface area contributed by atoms with Gasteiger partial charge in [-0.2, -0.15) is 0 Å². The molecule has 92 valence electrons. The van der Waals surface area contributed by atoms with Crippen LogP contribution in [0.25, 0.3) is 0 Å². The number of hydrogen-bond donors (Lipinski definition) is 0. The maximum Gasteiger partial charge on any atom is 0.533 e. The van der Waals surface area contributed by atoms with E-state index in [9.17, 15) is 9.59 Å². The molecule has 7 nitrogen and oxygen atoms in total. The van der Waals surface area contributed by atoms with Crippen molar-refractivity contribution in [3.8, 4) is 0 Å². The third-order valence-corrected chi connectivity index (χ3v) is 1.87. The quantitative estimate of drug-likeness (QED) is 0.548. The van der Waals surface area contributed by atoms with E-state index in [1.165, 1.54) is 7.11 Å². The zero-order chi connectivity index (χ0) is 12.8. The molecule has 0 aliphatic carbocycles. The third-order valence-electron chi connectivity index (χ3n) is 1.87. The van der Waals surface area contributed by atoms with Gasteiger partial charge in [0.15, 0.2) is 0 Å². The smallest absolute Gasteiger partial charge is 0.450 e. The molecular weight excluding hydrogens is 228 g/mol. The van der Waals surface area contributed by atoms with Crippen LogP contribution >= 0.6 is 0 Å². The highest BCUT2D eigenvalue weighted by Gasteiger charge is 2.23. The van der Waals surface area contributed by atoms with Gasteiger partial charge in [-0.25, -0.2) is 9.59 Å². The number of nitrogens with zero attached hydrogens (tertiary/aromatic N) is 2. The monoisotopic (exact) mass is 240 g/mol. The van der Waals surface area contributed by atoms with Crippen molar-refractivity contribution < 1.29 is 23.9 Å². The molecule has 0 fully saturated rings. The standard InChI is InChI=1S/C10H12N2O5/c1-7-8(5-4-6-11-7)12(9(13)15-2)17-10(14)16-3/h4-6H,1-3H3. The number of hydrogen-bond acceptors (Lipinski definition) is 6. The molecule has 1 heterocycles. The minimum Gasteiger partial charge on any atom is -0.450 e. The maximum absolute atomic E-state index is 11.5. The van der Waals surface area contributed by atoms with Crippen LogP contribution < -0.4 is 5.06 Å². The molecule has 0 aliphatic rings. The molecule has 0 bridgehead atoms. The zero-order valence-electron chi connectivity index (χ0n) is 9.67. The molecule has 0 atom stereocenters. The lowest BCUT2D eigenvalue weighted by Gasteiger charge is -2.19. The van der Waals surface area contributed by atoms with Gasteiger partial charge in [0.1, 0.15) is 5.69 Å². The highest BCUT2D eigenvalue weighted by atomic mass is 16.8. The van der Waals surface area contributed by atoms with Crippen LogP contribution in [0.1, 0.15) is 5.69 Å². The van der Waals surface area contributed by atoms with Gasteiger partial charge in [-0.3, -0.25) is 9.82 Å². The maximum atomic E-state index is 11.5. The van der Waals surface area contributed by atoms with E-state index in [0.29, 0.717) is 16.4 Å². The van der Waals surface area contributed by atoms with Crippen molar-refractivity contribution in [2.24, 2.45) is 0 Å². The van der Waals surface area contributed by atoms with Crippen LogP contribution in [0.2, 0.25) is 0 Å².